The first-order valence-corrected chi connectivity index (χ1v) is 7.82. The van der Waals surface area contributed by atoms with Gasteiger partial charge >= 0.3 is 0 Å². The van der Waals surface area contributed by atoms with E-state index >= 15 is 0 Å². The summed E-state index contributed by atoms with van der Waals surface area (Å²) in [6.45, 7) is 4.15. The first-order valence-electron chi connectivity index (χ1n) is 7.03. The Labute approximate surface area is 134 Å². The van der Waals surface area contributed by atoms with Gasteiger partial charge in [-0.15, -0.1) is 0 Å². The maximum absolute atomic E-state index is 5.74. The Kier molecular flexibility index (Phi) is 5.32. The Bertz CT molecular complexity index is 615. The number of methoxy groups -OCH3 is 1. The molecular weight excluding hydrogens is 330 g/mol. The molecule has 2 rings (SSSR count). The van der Waals surface area contributed by atoms with Gasteiger partial charge in [0.05, 0.1) is 22.9 Å². The van der Waals surface area contributed by atoms with E-state index in [0.717, 1.165) is 33.9 Å². The number of para-hydroxylation sites is 1. The van der Waals surface area contributed by atoms with Gasteiger partial charge in [-0.1, -0.05) is 18.2 Å². The molecule has 1 unspecified atom stereocenters. The number of hydrogen-bond acceptors (Lipinski definition) is 4. The normalized spacial score (nSPS) is 13.6. The van der Waals surface area contributed by atoms with Crippen molar-refractivity contribution < 1.29 is 4.74 Å². The van der Waals surface area contributed by atoms with E-state index in [9.17, 15) is 0 Å². The van der Waals surface area contributed by atoms with Crippen molar-refractivity contribution in [2.24, 2.45) is 5.84 Å². The molecule has 0 aliphatic rings. The fourth-order valence-electron chi connectivity index (χ4n) is 2.24. The number of pyridine rings is 1. The van der Waals surface area contributed by atoms with E-state index in [1.165, 1.54) is 0 Å². The van der Waals surface area contributed by atoms with Crippen molar-refractivity contribution in [1.29, 1.82) is 0 Å². The largest absolute Gasteiger partial charge is 0.379 e. The molecule has 0 amide bonds. The van der Waals surface area contributed by atoms with Crippen LogP contribution in [0.15, 0.2) is 34.8 Å². The zero-order chi connectivity index (χ0) is 15.5. The molecule has 0 saturated heterocycles. The lowest BCUT2D eigenvalue weighted by Crippen LogP contribution is -2.32. The lowest BCUT2D eigenvalue weighted by molar-refractivity contribution is 0.0116. The van der Waals surface area contributed by atoms with Crippen LogP contribution in [-0.4, -0.2) is 17.7 Å². The summed E-state index contributed by atoms with van der Waals surface area (Å²) in [6.07, 6.45) is 1.74. The number of halogens is 1. The smallest absolute Gasteiger partial charge is 0.0736 e. The minimum absolute atomic E-state index is 0.0154. The first-order chi connectivity index (χ1) is 9.96. The summed E-state index contributed by atoms with van der Waals surface area (Å²) in [5.41, 5.74) is 4.61. The van der Waals surface area contributed by atoms with Crippen molar-refractivity contribution >= 4 is 26.8 Å². The number of nitrogens with two attached hydrogens (primary N) is 1. The number of rotatable bonds is 6. The minimum atomic E-state index is -0.168. The molecule has 1 aromatic heterocycles. The minimum Gasteiger partial charge on any atom is -0.379 e. The number of ether oxygens (including phenoxy) is 1. The molecule has 1 heterocycles. The maximum Gasteiger partial charge on any atom is 0.0736 e. The van der Waals surface area contributed by atoms with E-state index in [1.807, 2.05) is 18.2 Å². The van der Waals surface area contributed by atoms with Gasteiger partial charge in [0.2, 0.25) is 0 Å². The number of benzene rings is 1. The summed E-state index contributed by atoms with van der Waals surface area (Å²) in [5, 5.41) is 1.11. The number of hydrogen-bond donors (Lipinski definition) is 2. The van der Waals surface area contributed by atoms with Crippen LogP contribution in [0.3, 0.4) is 0 Å². The zero-order valence-corrected chi connectivity index (χ0v) is 14.3. The predicted octanol–water partition coefficient (Wildman–Crippen LogP) is 3.71. The van der Waals surface area contributed by atoms with Gasteiger partial charge in [0.1, 0.15) is 0 Å². The Balaban J connectivity index is 2.27. The van der Waals surface area contributed by atoms with Gasteiger partial charge in [-0.2, -0.15) is 0 Å². The summed E-state index contributed by atoms with van der Waals surface area (Å²) in [6, 6.07) is 10.1. The molecular formula is C16H22BrN3O. The molecule has 1 aromatic carbocycles. The number of nitrogens with one attached hydrogen (secondary N) is 1. The maximum atomic E-state index is 5.74. The SMILES string of the molecule is COC(C)(C)CCC(NN)c1nc2ccccc2cc1Br. The van der Waals surface area contributed by atoms with Crippen molar-refractivity contribution in [2.45, 2.75) is 38.3 Å². The van der Waals surface area contributed by atoms with Crippen LogP contribution in [0.1, 0.15) is 38.4 Å². The van der Waals surface area contributed by atoms with Gasteiger partial charge in [0.25, 0.3) is 0 Å². The average Bonchev–Trinajstić information content (AvgIpc) is 2.48. The summed E-state index contributed by atoms with van der Waals surface area (Å²) < 4.78 is 6.44. The molecule has 0 radical (unpaired) electrons. The zero-order valence-electron chi connectivity index (χ0n) is 12.7. The van der Waals surface area contributed by atoms with Gasteiger partial charge < -0.3 is 4.74 Å². The van der Waals surface area contributed by atoms with Crippen molar-refractivity contribution in [3.8, 4) is 0 Å². The van der Waals surface area contributed by atoms with Crippen molar-refractivity contribution in [1.82, 2.24) is 10.4 Å². The van der Waals surface area contributed by atoms with Gasteiger partial charge in [-0.25, -0.2) is 4.98 Å². The van der Waals surface area contributed by atoms with Gasteiger partial charge in [0, 0.05) is 17.0 Å². The van der Waals surface area contributed by atoms with Crippen LogP contribution in [0.25, 0.3) is 10.9 Å². The van der Waals surface area contributed by atoms with E-state index < -0.39 is 0 Å². The Morgan fingerprint density at radius 2 is 2.10 bits per heavy atom. The lowest BCUT2D eigenvalue weighted by Gasteiger charge is -2.26. The lowest BCUT2D eigenvalue weighted by atomic mass is 9.97. The van der Waals surface area contributed by atoms with Crippen LogP contribution >= 0.6 is 15.9 Å². The van der Waals surface area contributed by atoms with Gasteiger partial charge in [-0.05, 0) is 54.8 Å². The second-order valence-corrected chi connectivity index (χ2v) is 6.62. The van der Waals surface area contributed by atoms with E-state index in [0.29, 0.717) is 0 Å². The standard InChI is InChI=1S/C16H22BrN3O/c1-16(2,21-3)9-8-14(20-18)15-12(17)10-11-6-4-5-7-13(11)19-15/h4-7,10,14,20H,8-9,18H2,1-3H3. The van der Waals surface area contributed by atoms with Crippen LogP contribution in [0.4, 0.5) is 0 Å². The third kappa shape index (κ3) is 4.01. The highest BCUT2D eigenvalue weighted by atomic mass is 79.9. The molecule has 3 N–H and O–H groups in total. The van der Waals surface area contributed by atoms with Crippen LogP contribution < -0.4 is 11.3 Å². The Hall–Kier alpha value is -1.01. The average molecular weight is 352 g/mol. The second kappa shape index (κ2) is 6.83. The topological polar surface area (TPSA) is 60.2 Å². The highest BCUT2D eigenvalue weighted by Gasteiger charge is 2.22. The van der Waals surface area contributed by atoms with Crippen molar-refractivity contribution in [3.63, 3.8) is 0 Å². The van der Waals surface area contributed by atoms with Crippen LogP contribution in [0.2, 0.25) is 0 Å². The number of fused-ring (bicyclic) bond motifs is 1. The van der Waals surface area contributed by atoms with E-state index in [-0.39, 0.29) is 11.6 Å². The molecule has 4 nitrogen and oxygen atoms in total. The highest BCUT2D eigenvalue weighted by Crippen LogP contribution is 2.30. The molecule has 2 aromatic rings. The van der Waals surface area contributed by atoms with Crippen molar-refractivity contribution in [2.75, 3.05) is 7.11 Å². The molecule has 0 saturated carbocycles. The third-order valence-corrected chi connectivity index (χ3v) is 4.46. The molecule has 0 bridgehead atoms. The fraction of sp³-hybridized carbons (Fsp3) is 0.438. The predicted molar refractivity (Wildman–Crippen MR) is 89.8 cm³/mol. The number of hydrazine groups is 1. The molecule has 0 aliphatic heterocycles. The van der Waals surface area contributed by atoms with Crippen LogP contribution in [0, 0.1) is 0 Å². The molecule has 0 fully saturated rings. The molecule has 21 heavy (non-hydrogen) atoms. The quantitative estimate of drug-likeness (QED) is 0.615. The van der Waals surface area contributed by atoms with Gasteiger partial charge in [-0.3, -0.25) is 11.3 Å². The molecule has 0 aliphatic carbocycles. The molecule has 5 heteroatoms. The second-order valence-electron chi connectivity index (χ2n) is 5.77. The summed E-state index contributed by atoms with van der Waals surface area (Å²) in [4.78, 5) is 4.74. The summed E-state index contributed by atoms with van der Waals surface area (Å²) in [5.74, 6) is 5.74. The number of aromatic nitrogens is 1. The first kappa shape index (κ1) is 16.4. The third-order valence-electron chi connectivity index (χ3n) is 3.82. The van der Waals surface area contributed by atoms with E-state index in [1.54, 1.807) is 7.11 Å². The summed E-state index contributed by atoms with van der Waals surface area (Å²) in [7, 11) is 1.73. The Morgan fingerprint density at radius 1 is 1.38 bits per heavy atom. The van der Waals surface area contributed by atoms with E-state index in [2.05, 4.69) is 47.3 Å². The number of nitrogens with zero attached hydrogens (tertiary/aromatic N) is 1. The van der Waals surface area contributed by atoms with Crippen LogP contribution in [-0.2, 0) is 4.74 Å². The van der Waals surface area contributed by atoms with Gasteiger partial charge in [0.15, 0.2) is 0 Å². The Morgan fingerprint density at radius 3 is 2.76 bits per heavy atom. The van der Waals surface area contributed by atoms with Crippen molar-refractivity contribution in [3.05, 3.63) is 40.5 Å². The van der Waals surface area contributed by atoms with Crippen LogP contribution in [0.5, 0.6) is 0 Å². The monoisotopic (exact) mass is 351 g/mol. The highest BCUT2D eigenvalue weighted by molar-refractivity contribution is 9.10. The molecule has 1 atom stereocenters. The summed E-state index contributed by atoms with van der Waals surface area (Å²) >= 11 is 3.61. The molecule has 0 spiro atoms. The molecule has 114 valence electrons. The van der Waals surface area contributed by atoms with E-state index in [4.69, 9.17) is 15.6 Å². The fourth-order valence-corrected chi connectivity index (χ4v) is 2.85.